The molecule has 42 valence electrons. The minimum absolute atomic E-state index is 0. The van der Waals surface area contributed by atoms with E-state index in [1.807, 2.05) is 0 Å². The number of carboxylic acid groups (broad SMARTS) is 1. The van der Waals surface area contributed by atoms with Crippen molar-refractivity contribution in [1.82, 2.24) is 0 Å². The number of rotatable bonds is 2. The van der Waals surface area contributed by atoms with Crippen LogP contribution < -0.4 is 51.4 Å². The van der Waals surface area contributed by atoms with Gasteiger partial charge in [0, 0.05) is 0 Å². The van der Waals surface area contributed by atoms with Gasteiger partial charge >= 0.3 is 57.4 Å². The molecule has 1 atom stereocenters. The number of hydrogen-bond donors (Lipinski definition) is 1. The number of ether oxygens (including phenoxy) is 1. The Hall–Kier alpha value is 1.07. The van der Waals surface area contributed by atoms with Crippen LogP contribution in [0.1, 0.15) is 7.85 Å². The summed E-state index contributed by atoms with van der Waals surface area (Å²) in [5.74, 6) is -0.775. The Morgan fingerprint density at radius 1 is 2.00 bits per heavy atom. The molecule has 3 nitrogen and oxygen atoms in total. The van der Waals surface area contributed by atoms with E-state index >= 15 is 0 Å². The molecule has 1 heterocycles. The molecule has 0 aromatic heterocycles. The smallest absolute Gasteiger partial charge is 1.00 e. The van der Waals surface area contributed by atoms with Gasteiger partial charge in [0.15, 0.2) is 0 Å². The van der Waals surface area contributed by atoms with Gasteiger partial charge in [-0.25, -0.2) is 0 Å². The molecule has 1 aliphatic heterocycles. The molecule has 0 saturated carbocycles. The molecule has 1 aliphatic rings. The molecule has 1 fully saturated rings. The number of epoxide rings is 1. The maximum absolute atomic E-state index is 9.77. The molecular formula is C4H7KO3. The van der Waals surface area contributed by atoms with E-state index in [9.17, 15) is 4.79 Å². The first-order valence-electron chi connectivity index (χ1n) is 2.12. The van der Waals surface area contributed by atoms with Crippen LogP contribution in [0.5, 0.6) is 0 Å². The molecule has 4 heteroatoms. The van der Waals surface area contributed by atoms with Crippen molar-refractivity contribution in [2.24, 2.45) is 0 Å². The second-order valence-electron chi connectivity index (χ2n) is 1.55. The van der Waals surface area contributed by atoms with Gasteiger partial charge < -0.3 is 11.3 Å². The minimum Gasteiger partial charge on any atom is -1.00 e. The molecule has 0 radical (unpaired) electrons. The summed E-state index contributed by atoms with van der Waals surface area (Å²) < 4.78 is 4.64. The molecule has 1 rings (SSSR count). The van der Waals surface area contributed by atoms with E-state index < -0.39 is 5.97 Å². The van der Waals surface area contributed by atoms with Gasteiger partial charge in [-0.1, -0.05) is 0 Å². The fourth-order valence-electron chi connectivity index (χ4n) is 0.381. The molecule has 0 aromatic rings. The zero-order valence-corrected chi connectivity index (χ0v) is 7.88. The molecular weight excluding hydrogens is 135 g/mol. The predicted molar refractivity (Wildman–Crippen MR) is 23.1 cm³/mol. The van der Waals surface area contributed by atoms with E-state index in [2.05, 4.69) is 4.74 Å². The Morgan fingerprint density at radius 3 is 2.62 bits per heavy atom. The average molecular weight is 142 g/mol. The summed E-state index contributed by atoms with van der Waals surface area (Å²) in [6.07, 6.45) is 0.192. The molecule has 0 bridgehead atoms. The number of carbonyl (C=O) groups is 1. The van der Waals surface area contributed by atoms with Crippen LogP contribution in [0.3, 0.4) is 0 Å². The van der Waals surface area contributed by atoms with Crippen LogP contribution in [-0.2, 0) is 9.53 Å². The summed E-state index contributed by atoms with van der Waals surface area (Å²) in [6, 6.07) is 0. The van der Waals surface area contributed by atoms with Crippen molar-refractivity contribution in [1.29, 1.82) is 0 Å². The SMILES string of the molecule is O=C(O)CC1CO1.[H-].[K+]. The molecule has 1 N–H and O–H groups in total. The summed E-state index contributed by atoms with van der Waals surface area (Å²) >= 11 is 0. The second-order valence-corrected chi connectivity index (χ2v) is 1.55. The van der Waals surface area contributed by atoms with Gasteiger partial charge in [-0.3, -0.25) is 4.79 Å². The van der Waals surface area contributed by atoms with Crippen molar-refractivity contribution in [3.05, 3.63) is 0 Å². The Labute approximate surface area is 91.3 Å². The van der Waals surface area contributed by atoms with E-state index in [-0.39, 0.29) is 65.3 Å². The van der Waals surface area contributed by atoms with Crippen LogP contribution in [0, 0.1) is 0 Å². The molecule has 0 spiro atoms. The Kier molecular flexibility index (Phi) is 4.50. The van der Waals surface area contributed by atoms with Gasteiger partial charge in [-0.15, -0.1) is 0 Å². The van der Waals surface area contributed by atoms with Gasteiger partial charge in [0.05, 0.1) is 19.1 Å². The quantitative estimate of drug-likeness (QED) is 0.330. The van der Waals surface area contributed by atoms with E-state index in [0.29, 0.717) is 6.61 Å². The molecule has 1 unspecified atom stereocenters. The van der Waals surface area contributed by atoms with Crippen molar-refractivity contribution in [2.45, 2.75) is 12.5 Å². The van der Waals surface area contributed by atoms with Gasteiger partial charge in [0.2, 0.25) is 0 Å². The summed E-state index contributed by atoms with van der Waals surface area (Å²) in [5.41, 5.74) is 0. The Morgan fingerprint density at radius 2 is 2.50 bits per heavy atom. The van der Waals surface area contributed by atoms with Crippen molar-refractivity contribution in [3.63, 3.8) is 0 Å². The van der Waals surface area contributed by atoms with Crippen LogP contribution >= 0.6 is 0 Å². The van der Waals surface area contributed by atoms with Gasteiger partial charge in [-0.2, -0.15) is 0 Å². The molecule has 8 heavy (non-hydrogen) atoms. The Balaban J connectivity index is 0. The van der Waals surface area contributed by atoms with Crippen LogP contribution in [0.15, 0.2) is 0 Å². The topological polar surface area (TPSA) is 49.8 Å². The molecule has 0 aromatic carbocycles. The van der Waals surface area contributed by atoms with Crippen LogP contribution in [0.2, 0.25) is 0 Å². The zero-order valence-electron chi connectivity index (χ0n) is 5.76. The van der Waals surface area contributed by atoms with Gasteiger partial charge in [0.1, 0.15) is 0 Å². The molecule has 1 saturated heterocycles. The normalized spacial score (nSPS) is 23.8. The van der Waals surface area contributed by atoms with Crippen molar-refractivity contribution < 1.29 is 67.4 Å². The first-order valence-corrected chi connectivity index (χ1v) is 2.12. The zero-order chi connectivity index (χ0) is 5.28. The van der Waals surface area contributed by atoms with Gasteiger partial charge in [0.25, 0.3) is 0 Å². The minimum atomic E-state index is -0.775. The van der Waals surface area contributed by atoms with E-state index in [0.717, 1.165) is 0 Å². The summed E-state index contributed by atoms with van der Waals surface area (Å²) in [5, 5.41) is 8.04. The summed E-state index contributed by atoms with van der Waals surface area (Å²) in [6.45, 7) is 0.631. The third kappa shape index (κ3) is 4.00. The largest absolute Gasteiger partial charge is 1.00 e. The van der Waals surface area contributed by atoms with E-state index in [1.165, 1.54) is 0 Å². The van der Waals surface area contributed by atoms with Crippen LogP contribution in [-0.4, -0.2) is 23.8 Å². The van der Waals surface area contributed by atoms with Crippen molar-refractivity contribution in [3.8, 4) is 0 Å². The fraction of sp³-hybridized carbons (Fsp3) is 0.750. The predicted octanol–water partition coefficient (Wildman–Crippen LogP) is -3.02. The third-order valence-electron chi connectivity index (χ3n) is 0.805. The summed E-state index contributed by atoms with van der Waals surface area (Å²) in [4.78, 5) is 9.77. The van der Waals surface area contributed by atoms with Crippen LogP contribution in [0.25, 0.3) is 0 Å². The van der Waals surface area contributed by atoms with Crippen LogP contribution in [0.4, 0.5) is 0 Å². The van der Waals surface area contributed by atoms with Crippen molar-refractivity contribution in [2.75, 3.05) is 6.61 Å². The third-order valence-corrected chi connectivity index (χ3v) is 0.805. The summed E-state index contributed by atoms with van der Waals surface area (Å²) in [7, 11) is 0. The van der Waals surface area contributed by atoms with E-state index in [1.54, 1.807) is 0 Å². The maximum Gasteiger partial charge on any atom is 1.00 e. The average Bonchev–Trinajstić information content (AvgIpc) is 2.17. The first-order chi connectivity index (χ1) is 3.29. The Bertz CT molecular complexity index is 93.8. The molecule has 0 amide bonds. The number of hydrogen-bond acceptors (Lipinski definition) is 2. The number of aliphatic carboxylic acids is 1. The fourth-order valence-corrected chi connectivity index (χ4v) is 0.381. The number of carboxylic acids is 1. The van der Waals surface area contributed by atoms with Gasteiger partial charge in [-0.05, 0) is 0 Å². The van der Waals surface area contributed by atoms with Crippen molar-refractivity contribution >= 4 is 5.97 Å². The standard InChI is InChI=1S/C4H6O3.K.H/c5-4(6)1-3-2-7-3;;/h3H,1-2H2,(H,5,6);;/q;+1;-1. The first kappa shape index (κ1) is 9.07. The second kappa shape index (κ2) is 3.97. The maximum atomic E-state index is 9.77. The molecule has 0 aliphatic carbocycles. The van der Waals surface area contributed by atoms with E-state index in [4.69, 9.17) is 5.11 Å². The monoisotopic (exact) mass is 142 g/mol.